The highest BCUT2D eigenvalue weighted by Gasteiger charge is 2.13. The number of nitrogens with zero attached hydrogens (tertiary/aromatic N) is 1. The Kier molecular flexibility index (Phi) is 4.23. The van der Waals surface area contributed by atoms with Crippen LogP contribution in [0.3, 0.4) is 0 Å². The summed E-state index contributed by atoms with van der Waals surface area (Å²) in [6, 6.07) is 0. The molecule has 1 heterocycles. The summed E-state index contributed by atoms with van der Waals surface area (Å²) in [4.78, 5) is 16.1. The molecule has 1 aromatic rings. The Hall–Kier alpha value is -0.940. The molecule has 0 saturated carbocycles. The van der Waals surface area contributed by atoms with Gasteiger partial charge in [0.05, 0.1) is 17.3 Å². The van der Waals surface area contributed by atoms with Gasteiger partial charge in [-0.25, -0.2) is 4.98 Å². The number of aliphatic hydroxyl groups excluding tert-OH is 1. The summed E-state index contributed by atoms with van der Waals surface area (Å²) in [5.74, 6) is -0.0196. The van der Waals surface area contributed by atoms with E-state index in [4.69, 9.17) is 0 Å². The summed E-state index contributed by atoms with van der Waals surface area (Å²) in [7, 11) is 0. The van der Waals surface area contributed by atoms with Crippen molar-refractivity contribution in [3.63, 3.8) is 0 Å². The highest BCUT2D eigenvalue weighted by Crippen LogP contribution is 2.11. The second-order valence-corrected chi connectivity index (χ2v) is 5.00. The molecule has 4 nitrogen and oxygen atoms in total. The molecule has 0 radical (unpaired) electrons. The van der Waals surface area contributed by atoms with Gasteiger partial charge in [-0.05, 0) is 12.8 Å². The van der Waals surface area contributed by atoms with Crippen LogP contribution in [0.5, 0.6) is 0 Å². The maximum absolute atomic E-state index is 11.5. The van der Waals surface area contributed by atoms with E-state index in [9.17, 15) is 9.90 Å². The fourth-order valence-electron chi connectivity index (χ4n) is 0.986. The first kappa shape index (κ1) is 12.1. The molecule has 0 aromatic carbocycles. The maximum atomic E-state index is 11.5. The SMILES string of the molecule is Cc1ncc(C(=O)NCC(O)C(C)C)s1. The predicted octanol–water partition coefficient (Wildman–Crippen LogP) is 1.20. The van der Waals surface area contributed by atoms with Crippen molar-refractivity contribution in [3.8, 4) is 0 Å². The number of thiazole rings is 1. The van der Waals surface area contributed by atoms with Crippen LogP contribution in [0.2, 0.25) is 0 Å². The maximum Gasteiger partial charge on any atom is 0.263 e. The number of carbonyl (C=O) groups is 1. The molecule has 84 valence electrons. The largest absolute Gasteiger partial charge is 0.391 e. The van der Waals surface area contributed by atoms with Gasteiger partial charge < -0.3 is 10.4 Å². The third kappa shape index (κ3) is 3.60. The molecule has 5 heteroatoms. The van der Waals surface area contributed by atoms with Crippen molar-refractivity contribution >= 4 is 17.2 Å². The van der Waals surface area contributed by atoms with E-state index in [2.05, 4.69) is 10.3 Å². The Morgan fingerprint density at radius 3 is 2.80 bits per heavy atom. The second kappa shape index (κ2) is 5.23. The van der Waals surface area contributed by atoms with Crippen LogP contribution in [0.1, 0.15) is 28.5 Å². The fraction of sp³-hybridized carbons (Fsp3) is 0.600. The molecule has 0 saturated heterocycles. The van der Waals surface area contributed by atoms with Gasteiger partial charge in [-0.1, -0.05) is 13.8 Å². The summed E-state index contributed by atoms with van der Waals surface area (Å²) in [6.45, 7) is 5.96. The van der Waals surface area contributed by atoms with Crippen molar-refractivity contribution in [2.24, 2.45) is 5.92 Å². The van der Waals surface area contributed by atoms with Crippen LogP contribution >= 0.6 is 11.3 Å². The van der Waals surface area contributed by atoms with Crippen LogP contribution < -0.4 is 5.32 Å². The van der Waals surface area contributed by atoms with Crippen LogP contribution in [0, 0.1) is 12.8 Å². The lowest BCUT2D eigenvalue weighted by Gasteiger charge is -2.14. The van der Waals surface area contributed by atoms with Crippen LogP contribution in [0.4, 0.5) is 0 Å². The van der Waals surface area contributed by atoms with Crippen LogP contribution in [-0.2, 0) is 0 Å². The fourth-order valence-corrected chi connectivity index (χ4v) is 1.68. The lowest BCUT2D eigenvalue weighted by Crippen LogP contribution is -2.34. The minimum atomic E-state index is -0.497. The average molecular weight is 228 g/mol. The summed E-state index contributed by atoms with van der Waals surface area (Å²) < 4.78 is 0. The smallest absolute Gasteiger partial charge is 0.263 e. The highest BCUT2D eigenvalue weighted by atomic mass is 32.1. The number of aryl methyl sites for hydroxylation is 1. The molecule has 0 aliphatic heterocycles. The first-order chi connectivity index (χ1) is 7.00. The van der Waals surface area contributed by atoms with Crippen LogP contribution in [0.25, 0.3) is 0 Å². The number of hydrogen-bond donors (Lipinski definition) is 2. The third-order valence-corrected chi connectivity index (χ3v) is 3.00. The van der Waals surface area contributed by atoms with Gasteiger partial charge in [0.15, 0.2) is 0 Å². The molecule has 0 aliphatic rings. The molecule has 0 fully saturated rings. The number of hydrogen-bond acceptors (Lipinski definition) is 4. The third-order valence-electron chi connectivity index (χ3n) is 2.09. The quantitative estimate of drug-likeness (QED) is 0.814. The molecule has 1 unspecified atom stereocenters. The summed E-state index contributed by atoms with van der Waals surface area (Å²) >= 11 is 1.35. The van der Waals surface area contributed by atoms with Crippen molar-refractivity contribution in [1.82, 2.24) is 10.3 Å². The molecule has 0 bridgehead atoms. The molecule has 15 heavy (non-hydrogen) atoms. The Bertz CT molecular complexity index is 336. The predicted molar refractivity (Wildman–Crippen MR) is 60.0 cm³/mol. The minimum Gasteiger partial charge on any atom is -0.391 e. The van der Waals surface area contributed by atoms with E-state index < -0.39 is 6.10 Å². The van der Waals surface area contributed by atoms with Crippen molar-refractivity contribution in [3.05, 3.63) is 16.1 Å². The number of rotatable bonds is 4. The van der Waals surface area contributed by atoms with Gasteiger partial charge in [0, 0.05) is 6.54 Å². The van der Waals surface area contributed by atoms with Gasteiger partial charge in [0.25, 0.3) is 5.91 Å². The van der Waals surface area contributed by atoms with Gasteiger partial charge in [-0.3, -0.25) is 4.79 Å². The summed E-state index contributed by atoms with van der Waals surface area (Å²) in [6.07, 6.45) is 1.06. The Balaban J connectivity index is 2.43. The van der Waals surface area contributed by atoms with E-state index >= 15 is 0 Å². The summed E-state index contributed by atoms with van der Waals surface area (Å²) in [5.41, 5.74) is 0. The van der Waals surface area contributed by atoms with E-state index in [0.29, 0.717) is 4.88 Å². The standard InChI is InChI=1S/C10H16N2O2S/c1-6(2)8(13)4-12-10(14)9-5-11-7(3)15-9/h5-6,8,13H,4H2,1-3H3,(H,12,14). The zero-order valence-corrected chi connectivity index (χ0v) is 9.97. The Labute approximate surface area is 93.4 Å². The average Bonchev–Trinajstić information content (AvgIpc) is 2.60. The van der Waals surface area contributed by atoms with E-state index in [1.54, 1.807) is 6.20 Å². The minimum absolute atomic E-state index is 0.147. The van der Waals surface area contributed by atoms with Crippen LogP contribution in [-0.4, -0.2) is 28.6 Å². The van der Waals surface area contributed by atoms with E-state index in [-0.39, 0.29) is 18.4 Å². The lowest BCUT2D eigenvalue weighted by molar-refractivity contribution is 0.0875. The van der Waals surface area contributed by atoms with E-state index in [1.165, 1.54) is 11.3 Å². The van der Waals surface area contributed by atoms with Crippen molar-refractivity contribution < 1.29 is 9.90 Å². The lowest BCUT2D eigenvalue weighted by atomic mass is 10.1. The van der Waals surface area contributed by atoms with Gasteiger partial charge in [0.1, 0.15) is 4.88 Å². The molecule has 1 rings (SSSR count). The monoisotopic (exact) mass is 228 g/mol. The van der Waals surface area contributed by atoms with Gasteiger partial charge >= 0.3 is 0 Å². The zero-order valence-electron chi connectivity index (χ0n) is 9.15. The second-order valence-electron chi connectivity index (χ2n) is 3.76. The Morgan fingerprint density at radius 1 is 1.67 bits per heavy atom. The van der Waals surface area contributed by atoms with Gasteiger partial charge in [-0.15, -0.1) is 11.3 Å². The Morgan fingerprint density at radius 2 is 2.33 bits per heavy atom. The summed E-state index contributed by atoms with van der Waals surface area (Å²) in [5, 5.41) is 13.0. The van der Waals surface area contributed by atoms with Crippen molar-refractivity contribution in [2.45, 2.75) is 26.9 Å². The molecule has 2 N–H and O–H groups in total. The molecule has 1 amide bonds. The van der Waals surface area contributed by atoms with E-state index in [0.717, 1.165) is 5.01 Å². The number of aliphatic hydroxyl groups is 1. The number of carbonyl (C=O) groups excluding carboxylic acids is 1. The molecule has 0 spiro atoms. The van der Waals surface area contributed by atoms with Gasteiger partial charge in [0.2, 0.25) is 0 Å². The van der Waals surface area contributed by atoms with Crippen molar-refractivity contribution in [1.29, 1.82) is 0 Å². The first-order valence-corrected chi connectivity index (χ1v) is 5.71. The van der Waals surface area contributed by atoms with Crippen LogP contribution in [0.15, 0.2) is 6.20 Å². The number of aromatic nitrogens is 1. The number of nitrogens with one attached hydrogen (secondary N) is 1. The normalized spacial score (nSPS) is 12.9. The molecule has 1 atom stereocenters. The number of amides is 1. The molecule has 0 aliphatic carbocycles. The topological polar surface area (TPSA) is 62.2 Å². The first-order valence-electron chi connectivity index (χ1n) is 4.89. The zero-order chi connectivity index (χ0) is 11.4. The highest BCUT2D eigenvalue weighted by molar-refractivity contribution is 7.13. The molecular weight excluding hydrogens is 212 g/mol. The molecular formula is C10H16N2O2S. The van der Waals surface area contributed by atoms with E-state index in [1.807, 2.05) is 20.8 Å². The van der Waals surface area contributed by atoms with Crippen molar-refractivity contribution in [2.75, 3.05) is 6.54 Å². The molecule has 1 aromatic heterocycles. The van der Waals surface area contributed by atoms with Gasteiger partial charge in [-0.2, -0.15) is 0 Å².